The third kappa shape index (κ3) is 3.02. The Morgan fingerprint density at radius 1 is 1.38 bits per heavy atom. The highest BCUT2D eigenvalue weighted by Crippen LogP contribution is 2.39. The molecule has 1 N–H and O–H groups in total. The van der Waals surface area contributed by atoms with Crippen LogP contribution >= 0.6 is 0 Å². The van der Waals surface area contributed by atoms with E-state index < -0.39 is 12.3 Å². The number of carbonyl (C=O) groups is 1. The van der Waals surface area contributed by atoms with Gasteiger partial charge in [0.05, 0.1) is 6.54 Å². The van der Waals surface area contributed by atoms with Gasteiger partial charge in [-0.1, -0.05) is 30.3 Å². The molecule has 2 aliphatic rings. The summed E-state index contributed by atoms with van der Waals surface area (Å²) in [6.45, 7) is 2.56. The molecule has 0 bridgehead atoms. The molecular weight excluding hydrogens is 271 g/mol. The number of nitrogens with one attached hydrogen (secondary N) is 1. The molecule has 114 valence electrons. The molecule has 2 aliphatic heterocycles. The van der Waals surface area contributed by atoms with E-state index in [0.29, 0.717) is 13.0 Å². The Labute approximate surface area is 124 Å². The Morgan fingerprint density at radius 2 is 2.19 bits per heavy atom. The van der Waals surface area contributed by atoms with E-state index in [2.05, 4.69) is 5.32 Å². The quantitative estimate of drug-likeness (QED) is 0.909. The fraction of sp³-hybridized carbons (Fsp3) is 0.562. The summed E-state index contributed by atoms with van der Waals surface area (Å²) in [6.07, 6.45) is 0.190. The first-order valence-electron chi connectivity index (χ1n) is 7.50. The largest absolute Gasteiger partial charge is 0.445 e. The van der Waals surface area contributed by atoms with Crippen molar-refractivity contribution < 1.29 is 13.9 Å². The minimum absolute atomic E-state index is 0.148. The van der Waals surface area contributed by atoms with Gasteiger partial charge in [-0.3, -0.25) is 0 Å². The standard InChI is InChI=1S/C16H21FN2O2/c17-14-10-19(9-7-16(14)6-8-18-12-16)15(20)21-11-13-4-2-1-3-5-13/h1-5,14,18H,6-12H2. The normalized spacial score (nSPS) is 28.8. The molecule has 2 fully saturated rings. The van der Waals surface area contributed by atoms with E-state index in [9.17, 15) is 9.18 Å². The molecule has 0 saturated carbocycles. The zero-order valence-corrected chi connectivity index (χ0v) is 12.1. The van der Waals surface area contributed by atoms with E-state index in [0.717, 1.165) is 25.1 Å². The Kier molecular flexibility index (Phi) is 4.10. The second kappa shape index (κ2) is 6.02. The highest BCUT2D eigenvalue weighted by Gasteiger charge is 2.46. The van der Waals surface area contributed by atoms with E-state index in [1.54, 1.807) is 0 Å². The number of halogens is 1. The molecule has 2 saturated heterocycles. The van der Waals surface area contributed by atoms with Crippen molar-refractivity contribution in [2.45, 2.75) is 25.6 Å². The van der Waals surface area contributed by atoms with E-state index in [1.165, 1.54) is 4.90 Å². The highest BCUT2D eigenvalue weighted by molar-refractivity contribution is 5.67. The van der Waals surface area contributed by atoms with E-state index in [1.807, 2.05) is 30.3 Å². The third-order valence-corrected chi connectivity index (χ3v) is 4.66. The summed E-state index contributed by atoms with van der Waals surface area (Å²) in [5.41, 5.74) is 0.673. The summed E-state index contributed by atoms with van der Waals surface area (Å²) in [5.74, 6) is 0. The molecule has 3 rings (SSSR count). The Balaban J connectivity index is 1.52. The zero-order chi connectivity index (χ0) is 14.7. The van der Waals surface area contributed by atoms with Crippen LogP contribution in [0.15, 0.2) is 30.3 Å². The Hall–Kier alpha value is -1.62. The monoisotopic (exact) mass is 292 g/mol. The number of piperidine rings is 1. The van der Waals surface area contributed by atoms with Crippen molar-refractivity contribution in [3.63, 3.8) is 0 Å². The lowest BCUT2D eigenvalue weighted by atomic mass is 9.76. The van der Waals surface area contributed by atoms with Crippen LogP contribution in [0, 0.1) is 5.41 Å². The smallest absolute Gasteiger partial charge is 0.410 e. The topological polar surface area (TPSA) is 41.6 Å². The van der Waals surface area contributed by atoms with Gasteiger partial charge in [-0.15, -0.1) is 0 Å². The minimum Gasteiger partial charge on any atom is -0.445 e. The van der Waals surface area contributed by atoms with Crippen LogP contribution in [-0.2, 0) is 11.3 Å². The summed E-state index contributed by atoms with van der Waals surface area (Å²) in [4.78, 5) is 13.5. The van der Waals surface area contributed by atoms with Gasteiger partial charge in [-0.25, -0.2) is 9.18 Å². The average Bonchev–Trinajstić information content (AvgIpc) is 2.99. The maximum absolute atomic E-state index is 14.4. The van der Waals surface area contributed by atoms with E-state index in [4.69, 9.17) is 4.74 Å². The number of alkyl halides is 1. The molecule has 2 atom stereocenters. The van der Waals surface area contributed by atoms with Gasteiger partial charge in [0.2, 0.25) is 0 Å². The third-order valence-electron chi connectivity index (χ3n) is 4.66. The second-order valence-corrected chi connectivity index (χ2v) is 5.99. The van der Waals surface area contributed by atoms with Crippen molar-refractivity contribution in [1.29, 1.82) is 0 Å². The molecule has 0 aromatic heterocycles. The van der Waals surface area contributed by atoms with Gasteiger partial charge in [-0.05, 0) is 24.9 Å². The molecule has 1 spiro atoms. The van der Waals surface area contributed by atoms with Crippen LogP contribution in [0.3, 0.4) is 0 Å². The van der Waals surface area contributed by atoms with Gasteiger partial charge in [0.15, 0.2) is 0 Å². The van der Waals surface area contributed by atoms with Crippen LogP contribution in [0.2, 0.25) is 0 Å². The van der Waals surface area contributed by atoms with Crippen LogP contribution in [0.5, 0.6) is 0 Å². The van der Waals surface area contributed by atoms with Crippen molar-refractivity contribution >= 4 is 6.09 Å². The van der Waals surface area contributed by atoms with Crippen LogP contribution in [0.1, 0.15) is 18.4 Å². The van der Waals surface area contributed by atoms with E-state index >= 15 is 0 Å². The molecule has 2 heterocycles. The lowest BCUT2D eigenvalue weighted by Gasteiger charge is -2.41. The molecule has 4 nitrogen and oxygen atoms in total. The lowest BCUT2D eigenvalue weighted by Crippen LogP contribution is -2.51. The number of rotatable bonds is 2. The van der Waals surface area contributed by atoms with Crippen LogP contribution in [0.4, 0.5) is 9.18 Å². The van der Waals surface area contributed by atoms with Crippen LogP contribution in [-0.4, -0.2) is 43.3 Å². The maximum Gasteiger partial charge on any atom is 0.410 e. The van der Waals surface area contributed by atoms with Crippen molar-refractivity contribution in [2.75, 3.05) is 26.2 Å². The lowest BCUT2D eigenvalue weighted by molar-refractivity contribution is 0.0121. The number of nitrogens with zero attached hydrogens (tertiary/aromatic N) is 1. The molecule has 0 radical (unpaired) electrons. The van der Waals surface area contributed by atoms with Gasteiger partial charge in [0, 0.05) is 18.5 Å². The van der Waals surface area contributed by atoms with Gasteiger partial charge in [-0.2, -0.15) is 0 Å². The van der Waals surface area contributed by atoms with Crippen molar-refractivity contribution in [3.05, 3.63) is 35.9 Å². The fourth-order valence-corrected chi connectivity index (χ4v) is 3.21. The Bertz CT molecular complexity index is 488. The molecule has 1 aromatic carbocycles. The SMILES string of the molecule is O=C(OCc1ccccc1)N1CCC2(CCNC2)C(F)C1. The van der Waals surface area contributed by atoms with Crippen molar-refractivity contribution in [3.8, 4) is 0 Å². The molecule has 1 aromatic rings. The number of hydrogen-bond acceptors (Lipinski definition) is 3. The van der Waals surface area contributed by atoms with Gasteiger partial charge >= 0.3 is 6.09 Å². The van der Waals surface area contributed by atoms with Gasteiger partial charge < -0.3 is 15.0 Å². The van der Waals surface area contributed by atoms with Gasteiger partial charge in [0.25, 0.3) is 0 Å². The summed E-state index contributed by atoms with van der Waals surface area (Å²) in [7, 11) is 0. The van der Waals surface area contributed by atoms with Crippen molar-refractivity contribution in [2.24, 2.45) is 5.41 Å². The number of ether oxygens (including phenoxy) is 1. The first-order chi connectivity index (χ1) is 10.2. The molecular formula is C16H21FN2O2. The number of hydrogen-bond donors (Lipinski definition) is 1. The first kappa shape index (κ1) is 14.3. The molecule has 21 heavy (non-hydrogen) atoms. The molecule has 0 aliphatic carbocycles. The highest BCUT2D eigenvalue weighted by atomic mass is 19.1. The fourth-order valence-electron chi connectivity index (χ4n) is 3.21. The first-order valence-corrected chi connectivity index (χ1v) is 7.50. The number of amides is 1. The summed E-state index contributed by atoms with van der Waals surface area (Å²) in [5, 5.41) is 3.23. The predicted octanol–water partition coefficient (Wildman–Crippen LogP) is 2.35. The summed E-state index contributed by atoms with van der Waals surface area (Å²) >= 11 is 0. The second-order valence-electron chi connectivity index (χ2n) is 5.99. The number of likely N-dealkylation sites (tertiary alicyclic amines) is 1. The van der Waals surface area contributed by atoms with Crippen molar-refractivity contribution in [1.82, 2.24) is 10.2 Å². The molecule has 1 amide bonds. The van der Waals surface area contributed by atoms with E-state index in [-0.39, 0.29) is 18.6 Å². The predicted molar refractivity (Wildman–Crippen MR) is 77.6 cm³/mol. The summed E-state index contributed by atoms with van der Waals surface area (Å²) < 4.78 is 19.7. The molecule has 5 heteroatoms. The minimum atomic E-state index is -0.967. The number of carbonyl (C=O) groups excluding carboxylic acids is 1. The van der Waals surface area contributed by atoms with Crippen LogP contribution < -0.4 is 5.32 Å². The summed E-state index contributed by atoms with van der Waals surface area (Å²) in [6, 6.07) is 9.52. The van der Waals surface area contributed by atoms with Gasteiger partial charge in [0.1, 0.15) is 12.8 Å². The molecule has 2 unspecified atom stereocenters. The average molecular weight is 292 g/mol. The number of benzene rings is 1. The maximum atomic E-state index is 14.4. The zero-order valence-electron chi connectivity index (χ0n) is 12.1. The Morgan fingerprint density at radius 3 is 2.86 bits per heavy atom. The van der Waals surface area contributed by atoms with Crippen LogP contribution in [0.25, 0.3) is 0 Å².